The summed E-state index contributed by atoms with van der Waals surface area (Å²) in [7, 11) is 0. The summed E-state index contributed by atoms with van der Waals surface area (Å²) in [5.74, 6) is -1.66. The van der Waals surface area contributed by atoms with Crippen molar-refractivity contribution in [2.75, 3.05) is 6.54 Å². The summed E-state index contributed by atoms with van der Waals surface area (Å²) in [5, 5.41) is 8.52. The molecule has 3 N–H and O–H groups in total. The van der Waals surface area contributed by atoms with E-state index < -0.39 is 12.0 Å². The Balaban J connectivity index is 2.19. The number of aliphatic carboxylic acids is 1. The molecular formula is C10H14N2O4. The number of imide groups is 1. The molecule has 1 aliphatic rings. The van der Waals surface area contributed by atoms with E-state index >= 15 is 0 Å². The van der Waals surface area contributed by atoms with Crippen LogP contribution < -0.4 is 5.73 Å². The average Bonchev–Trinajstić information content (AvgIpc) is 2.54. The van der Waals surface area contributed by atoms with Gasteiger partial charge in [0, 0.05) is 18.7 Å². The Morgan fingerprint density at radius 3 is 2.38 bits per heavy atom. The number of carboxylic acids is 1. The van der Waals surface area contributed by atoms with Crippen molar-refractivity contribution in [1.82, 2.24) is 4.90 Å². The van der Waals surface area contributed by atoms with Gasteiger partial charge in [-0.05, 0) is 19.3 Å². The van der Waals surface area contributed by atoms with Gasteiger partial charge in [-0.2, -0.15) is 0 Å². The largest absolute Gasteiger partial charge is 0.480 e. The number of amides is 2. The molecule has 88 valence electrons. The second-order valence-corrected chi connectivity index (χ2v) is 3.60. The molecule has 1 heterocycles. The predicted octanol–water partition coefficient (Wildman–Crippen LogP) is -0.506. The van der Waals surface area contributed by atoms with Crippen LogP contribution in [0.5, 0.6) is 0 Å². The predicted molar refractivity (Wildman–Crippen MR) is 55.3 cm³/mol. The van der Waals surface area contributed by atoms with Crippen LogP contribution in [0.15, 0.2) is 12.2 Å². The average molecular weight is 226 g/mol. The van der Waals surface area contributed by atoms with Crippen molar-refractivity contribution in [1.29, 1.82) is 0 Å². The van der Waals surface area contributed by atoms with Crippen molar-refractivity contribution in [2.24, 2.45) is 5.73 Å². The minimum absolute atomic E-state index is 0.312. The summed E-state index contributed by atoms with van der Waals surface area (Å²) in [6.45, 7) is 0.316. The van der Waals surface area contributed by atoms with Crippen molar-refractivity contribution in [3.63, 3.8) is 0 Å². The minimum atomic E-state index is -1.03. The topological polar surface area (TPSA) is 101 Å². The third-order valence-corrected chi connectivity index (χ3v) is 2.36. The van der Waals surface area contributed by atoms with Crippen molar-refractivity contribution in [2.45, 2.75) is 25.3 Å². The molecule has 1 aliphatic heterocycles. The molecular weight excluding hydrogens is 212 g/mol. The van der Waals surface area contributed by atoms with E-state index in [2.05, 4.69) is 0 Å². The molecule has 0 spiro atoms. The van der Waals surface area contributed by atoms with Crippen LogP contribution in [0.25, 0.3) is 0 Å². The maximum Gasteiger partial charge on any atom is 0.320 e. The van der Waals surface area contributed by atoms with Gasteiger partial charge in [-0.3, -0.25) is 19.3 Å². The van der Waals surface area contributed by atoms with E-state index in [9.17, 15) is 14.4 Å². The molecule has 6 nitrogen and oxygen atoms in total. The standard InChI is InChI=1S/C10H14N2O4/c11-7(10(15)16)3-1-2-6-12-8(13)4-5-9(12)14/h4-5,7H,1-3,6,11H2,(H,15,16)/t7-/m1/s1. The minimum Gasteiger partial charge on any atom is -0.480 e. The summed E-state index contributed by atoms with van der Waals surface area (Å²) >= 11 is 0. The Morgan fingerprint density at radius 2 is 1.88 bits per heavy atom. The zero-order valence-electron chi connectivity index (χ0n) is 8.76. The molecule has 0 fully saturated rings. The van der Waals surface area contributed by atoms with E-state index in [1.807, 2.05) is 0 Å². The monoisotopic (exact) mass is 226 g/mol. The van der Waals surface area contributed by atoms with Crippen molar-refractivity contribution >= 4 is 17.8 Å². The number of carboxylic acid groups (broad SMARTS) is 1. The van der Waals surface area contributed by atoms with Crippen molar-refractivity contribution in [3.05, 3.63) is 12.2 Å². The Kier molecular flexibility index (Phi) is 4.19. The highest BCUT2D eigenvalue weighted by Crippen LogP contribution is 2.07. The first-order valence-corrected chi connectivity index (χ1v) is 5.04. The van der Waals surface area contributed by atoms with Gasteiger partial charge in [-0.1, -0.05) is 0 Å². The van der Waals surface area contributed by atoms with Crippen LogP contribution in [-0.2, 0) is 14.4 Å². The van der Waals surface area contributed by atoms with E-state index in [0.29, 0.717) is 25.8 Å². The van der Waals surface area contributed by atoms with E-state index in [1.165, 1.54) is 12.2 Å². The molecule has 0 aliphatic carbocycles. The second-order valence-electron chi connectivity index (χ2n) is 3.60. The molecule has 16 heavy (non-hydrogen) atoms. The van der Waals surface area contributed by atoms with E-state index in [1.54, 1.807) is 0 Å². The molecule has 0 aromatic rings. The lowest BCUT2D eigenvalue weighted by molar-refractivity contribution is -0.139. The molecule has 0 aromatic carbocycles. The molecule has 1 rings (SSSR count). The maximum absolute atomic E-state index is 11.1. The first-order chi connectivity index (χ1) is 7.52. The highest BCUT2D eigenvalue weighted by molar-refractivity contribution is 6.12. The lowest BCUT2D eigenvalue weighted by Gasteiger charge is -2.13. The van der Waals surface area contributed by atoms with Gasteiger partial charge in [-0.25, -0.2) is 0 Å². The fraction of sp³-hybridized carbons (Fsp3) is 0.500. The van der Waals surface area contributed by atoms with Crippen LogP contribution >= 0.6 is 0 Å². The molecule has 2 amide bonds. The SMILES string of the molecule is N[C@H](CCCCN1C(=O)C=CC1=O)C(=O)O. The van der Waals surface area contributed by atoms with Gasteiger partial charge in [0.25, 0.3) is 11.8 Å². The normalized spacial score (nSPS) is 16.9. The number of nitrogens with two attached hydrogens (primary N) is 1. The van der Waals surface area contributed by atoms with Gasteiger partial charge < -0.3 is 10.8 Å². The van der Waals surface area contributed by atoms with Gasteiger partial charge in [0.15, 0.2) is 0 Å². The summed E-state index contributed by atoms with van der Waals surface area (Å²) in [5.41, 5.74) is 5.31. The molecule has 0 saturated carbocycles. The summed E-state index contributed by atoms with van der Waals surface area (Å²) in [6.07, 6.45) is 3.94. The van der Waals surface area contributed by atoms with Crippen LogP contribution in [0, 0.1) is 0 Å². The van der Waals surface area contributed by atoms with Crippen molar-refractivity contribution in [3.8, 4) is 0 Å². The number of unbranched alkanes of at least 4 members (excludes halogenated alkanes) is 1. The smallest absolute Gasteiger partial charge is 0.320 e. The zero-order valence-corrected chi connectivity index (χ0v) is 8.76. The first-order valence-electron chi connectivity index (χ1n) is 5.04. The molecule has 0 bridgehead atoms. The van der Waals surface area contributed by atoms with Gasteiger partial charge in [0.2, 0.25) is 0 Å². The molecule has 0 radical (unpaired) electrons. The van der Waals surface area contributed by atoms with E-state index in [-0.39, 0.29) is 11.8 Å². The Morgan fingerprint density at radius 1 is 1.31 bits per heavy atom. The Labute approximate surface area is 92.7 Å². The summed E-state index contributed by atoms with van der Waals surface area (Å²) in [6, 6.07) is -0.872. The summed E-state index contributed by atoms with van der Waals surface area (Å²) in [4.78, 5) is 33.8. The molecule has 0 saturated heterocycles. The van der Waals surface area contributed by atoms with Crippen molar-refractivity contribution < 1.29 is 19.5 Å². The fourth-order valence-electron chi connectivity index (χ4n) is 1.41. The number of rotatable bonds is 6. The second kappa shape index (κ2) is 5.41. The first kappa shape index (κ1) is 12.4. The highest BCUT2D eigenvalue weighted by atomic mass is 16.4. The van der Waals surface area contributed by atoms with Gasteiger partial charge in [0.1, 0.15) is 6.04 Å². The quantitative estimate of drug-likeness (QED) is 0.469. The van der Waals surface area contributed by atoms with Crippen LogP contribution in [0.4, 0.5) is 0 Å². The van der Waals surface area contributed by atoms with Crippen LogP contribution in [0.1, 0.15) is 19.3 Å². The van der Waals surface area contributed by atoms with Crippen LogP contribution in [0.2, 0.25) is 0 Å². The summed E-state index contributed by atoms with van der Waals surface area (Å²) < 4.78 is 0. The lowest BCUT2D eigenvalue weighted by Crippen LogP contribution is -2.32. The number of hydrogen-bond donors (Lipinski definition) is 2. The number of carbonyl (C=O) groups excluding carboxylic acids is 2. The van der Waals surface area contributed by atoms with Gasteiger partial charge >= 0.3 is 5.97 Å². The Hall–Kier alpha value is -1.69. The van der Waals surface area contributed by atoms with Gasteiger partial charge in [0.05, 0.1) is 0 Å². The molecule has 0 unspecified atom stereocenters. The highest BCUT2D eigenvalue weighted by Gasteiger charge is 2.22. The number of nitrogens with zero attached hydrogens (tertiary/aromatic N) is 1. The molecule has 1 atom stereocenters. The third kappa shape index (κ3) is 3.16. The van der Waals surface area contributed by atoms with E-state index in [4.69, 9.17) is 10.8 Å². The van der Waals surface area contributed by atoms with Crippen LogP contribution in [0.3, 0.4) is 0 Å². The number of hydrogen-bond acceptors (Lipinski definition) is 4. The Bertz CT molecular complexity index is 320. The fourth-order valence-corrected chi connectivity index (χ4v) is 1.41. The molecule has 0 aromatic heterocycles. The maximum atomic E-state index is 11.1. The van der Waals surface area contributed by atoms with Gasteiger partial charge in [-0.15, -0.1) is 0 Å². The van der Waals surface area contributed by atoms with Crippen LogP contribution in [-0.4, -0.2) is 40.4 Å². The zero-order chi connectivity index (χ0) is 12.1. The molecule has 6 heteroatoms. The number of carbonyl (C=O) groups is 3. The lowest BCUT2D eigenvalue weighted by atomic mass is 10.1. The third-order valence-electron chi connectivity index (χ3n) is 2.36. The van der Waals surface area contributed by atoms with E-state index in [0.717, 1.165) is 4.90 Å².